The Morgan fingerprint density at radius 3 is 2.61 bits per heavy atom. The smallest absolute Gasteiger partial charge is 0.407 e. The van der Waals surface area contributed by atoms with Crippen LogP contribution in [0.15, 0.2) is 30.3 Å². The third-order valence-corrected chi connectivity index (χ3v) is 3.90. The van der Waals surface area contributed by atoms with E-state index in [0.717, 1.165) is 24.8 Å². The van der Waals surface area contributed by atoms with Gasteiger partial charge in [-0.2, -0.15) is 0 Å². The second-order valence-electron chi connectivity index (χ2n) is 5.35. The molecule has 3 rings (SSSR count). The zero-order chi connectivity index (χ0) is 12.6. The molecule has 4 heteroatoms. The number of hydrogen-bond donors (Lipinski definition) is 2. The van der Waals surface area contributed by atoms with Crippen molar-refractivity contribution in [2.75, 3.05) is 0 Å². The highest BCUT2D eigenvalue weighted by molar-refractivity contribution is 5.69. The first-order valence-corrected chi connectivity index (χ1v) is 6.44. The summed E-state index contributed by atoms with van der Waals surface area (Å²) >= 11 is 0. The van der Waals surface area contributed by atoms with Gasteiger partial charge in [-0.3, -0.25) is 0 Å². The van der Waals surface area contributed by atoms with Gasteiger partial charge in [0.2, 0.25) is 0 Å². The number of carbonyl (C=O) groups is 1. The minimum Gasteiger partial charge on any atom is -0.445 e. The molecule has 1 unspecified atom stereocenters. The molecule has 0 spiro atoms. The number of carbonyl (C=O) groups excluding carboxylic acids is 1. The molecule has 0 radical (unpaired) electrons. The molecule has 0 bridgehead atoms. The second-order valence-corrected chi connectivity index (χ2v) is 5.35. The molecular formula is C14H18N2O2. The Bertz CT molecular complexity index is 442. The van der Waals surface area contributed by atoms with E-state index in [0.29, 0.717) is 12.5 Å². The van der Waals surface area contributed by atoms with Crippen LogP contribution in [0, 0.1) is 5.92 Å². The van der Waals surface area contributed by atoms with Crippen molar-refractivity contribution >= 4 is 6.09 Å². The molecule has 0 aromatic heterocycles. The van der Waals surface area contributed by atoms with Gasteiger partial charge < -0.3 is 15.8 Å². The number of nitrogens with two attached hydrogens (primary N) is 1. The molecule has 2 aliphatic carbocycles. The summed E-state index contributed by atoms with van der Waals surface area (Å²) in [6.07, 6.45) is 2.77. The summed E-state index contributed by atoms with van der Waals surface area (Å²) in [5.74, 6) is 0.460. The van der Waals surface area contributed by atoms with Gasteiger partial charge in [0.1, 0.15) is 6.61 Å². The lowest BCUT2D eigenvalue weighted by molar-refractivity contribution is 0.132. The third kappa shape index (κ3) is 2.34. The lowest BCUT2D eigenvalue weighted by atomic mass is 10.1. The van der Waals surface area contributed by atoms with E-state index in [4.69, 9.17) is 10.5 Å². The van der Waals surface area contributed by atoms with Crippen LogP contribution in [0.4, 0.5) is 4.79 Å². The maximum atomic E-state index is 11.7. The van der Waals surface area contributed by atoms with Crippen molar-refractivity contribution in [1.29, 1.82) is 0 Å². The number of ether oxygens (including phenoxy) is 1. The van der Waals surface area contributed by atoms with Gasteiger partial charge in [-0.05, 0) is 30.7 Å². The zero-order valence-electron chi connectivity index (χ0n) is 10.3. The SMILES string of the molecule is N[C@@H]1CC1C1(NC(=O)OCc2ccccc2)CC1. The van der Waals surface area contributed by atoms with Crippen LogP contribution in [0.25, 0.3) is 0 Å². The Kier molecular flexibility index (Phi) is 2.74. The second kappa shape index (κ2) is 4.28. The highest BCUT2D eigenvalue weighted by atomic mass is 16.5. The molecule has 0 aliphatic heterocycles. The van der Waals surface area contributed by atoms with Crippen molar-refractivity contribution in [1.82, 2.24) is 5.32 Å². The number of alkyl carbamates (subject to hydrolysis) is 1. The summed E-state index contributed by atoms with van der Waals surface area (Å²) in [6.45, 7) is 0.319. The summed E-state index contributed by atoms with van der Waals surface area (Å²) in [6, 6.07) is 9.96. The predicted molar refractivity (Wildman–Crippen MR) is 67.8 cm³/mol. The van der Waals surface area contributed by atoms with Crippen LogP contribution in [0.5, 0.6) is 0 Å². The molecule has 4 nitrogen and oxygen atoms in total. The van der Waals surface area contributed by atoms with E-state index in [2.05, 4.69) is 5.32 Å². The van der Waals surface area contributed by atoms with E-state index in [1.807, 2.05) is 30.3 Å². The topological polar surface area (TPSA) is 64.3 Å². The van der Waals surface area contributed by atoms with Gasteiger partial charge in [-0.15, -0.1) is 0 Å². The molecule has 1 aromatic carbocycles. The number of amides is 1. The fourth-order valence-electron chi connectivity index (χ4n) is 2.54. The lowest BCUT2D eigenvalue weighted by Crippen LogP contribution is -2.40. The Morgan fingerprint density at radius 2 is 2.06 bits per heavy atom. The Hall–Kier alpha value is -1.55. The zero-order valence-corrected chi connectivity index (χ0v) is 10.3. The molecular weight excluding hydrogens is 228 g/mol. The first-order chi connectivity index (χ1) is 8.70. The Labute approximate surface area is 107 Å². The standard InChI is InChI=1S/C14H18N2O2/c15-12-8-11(12)14(6-7-14)16-13(17)18-9-10-4-2-1-3-5-10/h1-5,11-12H,6-9,15H2,(H,16,17)/t11?,12-/m1/s1. The first kappa shape index (κ1) is 11.5. The normalized spacial score (nSPS) is 27.4. The average Bonchev–Trinajstić information content (AvgIpc) is 3.27. The summed E-state index contributed by atoms with van der Waals surface area (Å²) < 4.78 is 5.23. The van der Waals surface area contributed by atoms with Crippen LogP contribution in [-0.4, -0.2) is 17.7 Å². The molecule has 2 saturated carbocycles. The van der Waals surface area contributed by atoms with Crippen LogP contribution in [0.2, 0.25) is 0 Å². The molecule has 96 valence electrons. The van der Waals surface area contributed by atoms with Crippen molar-refractivity contribution in [2.45, 2.75) is 37.5 Å². The van der Waals surface area contributed by atoms with Crippen molar-refractivity contribution in [2.24, 2.45) is 11.7 Å². The fourth-order valence-corrected chi connectivity index (χ4v) is 2.54. The summed E-state index contributed by atoms with van der Waals surface area (Å²) in [5.41, 5.74) is 6.79. The quantitative estimate of drug-likeness (QED) is 0.851. The molecule has 0 heterocycles. The summed E-state index contributed by atoms with van der Waals surface area (Å²) in [4.78, 5) is 11.7. The van der Waals surface area contributed by atoms with Gasteiger partial charge in [0.15, 0.2) is 0 Å². The number of rotatable bonds is 4. The molecule has 2 aliphatic rings. The van der Waals surface area contributed by atoms with Crippen LogP contribution < -0.4 is 11.1 Å². The first-order valence-electron chi connectivity index (χ1n) is 6.44. The maximum absolute atomic E-state index is 11.7. The summed E-state index contributed by atoms with van der Waals surface area (Å²) in [7, 11) is 0. The molecule has 3 N–H and O–H groups in total. The Morgan fingerprint density at radius 1 is 1.39 bits per heavy atom. The molecule has 0 saturated heterocycles. The van der Waals surface area contributed by atoms with Gasteiger partial charge in [0.05, 0.1) is 0 Å². The minimum absolute atomic E-state index is 0.0484. The van der Waals surface area contributed by atoms with Gasteiger partial charge in [-0.25, -0.2) is 4.79 Å². The van der Waals surface area contributed by atoms with Crippen LogP contribution in [0.3, 0.4) is 0 Å². The largest absolute Gasteiger partial charge is 0.445 e. The van der Waals surface area contributed by atoms with E-state index in [1.165, 1.54) is 0 Å². The average molecular weight is 246 g/mol. The molecule has 2 atom stereocenters. The van der Waals surface area contributed by atoms with Crippen molar-refractivity contribution in [3.05, 3.63) is 35.9 Å². The van der Waals surface area contributed by atoms with Gasteiger partial charge >= 0.3 is 6.09 Å². The Balaban J connectivity index is 1.48. The van der Waals surface area contributed by atoms with E-state index >= 15 is 0 Å². The van der Waals surface area contributed by atoms with Crippen LogP contribution >= 0.6 is 0 Å². The van der Waals surface area contributed by atoms with E-state index in [-0.39, 0.29) is 17.7 Å². The third-order valence-electron chi connectivity index (χ3n) is 3.90. The van der Waals surface area contributed by atoms with Crippen molar-refractivity contribution in [3.63, 3.8) is 0 Å². The summed E-state index contributed by atoms with van der Waals surface area (Å²) in [5, 5.41) is 2.99. The van der Waals surface area contributed by atoms with Gasteiger partial charge in [0, 0.05) is 11.6 Å². The maximum Gasteiger partial charge on any atom is 0.407 e. The fraction of sp³-hybridized carbons (Fsp3) is 0.500. The van der Waals surface area contributed by atoms with Crippen LogP contribution in [0.1, 0.15) is 24.8 Å². The number of hydrogen-bond acceptors (Lipinski definition) is 3. The molecule has 1 amide bonds. The number of benzene rings is 1. The van der Waals surface area contributed by atoms with Crippen LogP contribution in [-0.2, 0) is 11.3 Å². The highest BCUT2D eigenvalue weighted by Gasteiger charge is 2.59. The van der Waals surface area contributed by atoms with E-state index in [9.17, 15) is 4.79 Å². The van der Waals surface area contributed by atoms with Crippen molar-refractivity contribution in [3.8, 4) is 0 Å². The highest BCUT2D eigenvalue weighted by Crippen LogP contribution is 2.52. The van der Waals surface area contributed by atoms with Gasteiger partial charge in [-0.1, -0.05) is 30.3 Å². The molecule has 2 fully saturated rings. The predicted octanol–water partition coefficient (Wildman–Crippen LogP) is 1.79. The minimum atomic E-state index is -0.324. The van der Waals surface area contributed by atoms with Crippen molar-refractivity contribution < 1.29 is 9.53 Å². The number of nitrogens with one attached hydrogen (secondary N) is 1. The molecule has 18 heavy (non-hydrogen) atoms. The lowest BCUT2D eigenvalue weighted by Gasteiger charge is -2.16. The van der Waals surface area contributed by atoms with Gasteiger partial charge in [0.25, 0.3) is 0 Å². The molecule has 1 aromatic rings. The van der Waals surface area contributed by atoms with E-state index < -0.39 is 0 Å². The monoisotopic (exact) mass is 246 g/mol. The van der Waals surface area contributed by atoms with E-state index in [1.54, 1.807) is 0 Å².